The summed E-state index contributed by atoms with van der Waals surface area (Å²) in [6.45, 7) is 13.2. The molecule has 2 fully saturated rings. The van der Waals surface area contributed by atoms with E-state index >= 15 is 0 Å². The van der Waals surface area contributed by atoms with Gasteiger partial charge in [-0.2, -0.15) is 4.98 Å². The lowest BCUT2D eigenvalue weighted by molar-refractivity contribution is 0.131. The van der Waals surface area contributed by atoms with Crippen LogP contribution in [-0.4, -0.2) is 63.0 Å². The number of nitrogens with zero attached hydrogens (tertiary/aromatic N) is 7. The van der Waals surface area contributed by atoms with E-state index in [1.54, 1.807) is 23.0 Å². The highest BCUT2D eigenvalue weighted by molar-refractivity contribution is 5.35. The molecule has 0 aliphatic carbocycles. The van der Waals surface area contributed by atoms with Crippen LogP contribution in [0.4, 0.5) is 12.0 Å². The first-order chi connectivity index (χ1) is 18.1. The first-order valence-electron chi connectivity index (χ1n) is 13.4. The standard InChI is InChI=1S/C27H38N8O3/c1-17-6-7-23(36)35(14-17)22-16-34(15-21(22)28)25-29-12-20(13-30-25)37-18(2)19-8-10-33(11-9-19)26-31-24(32-38-26)27(3,4)5/h6-7,12-14,18-19,21-22H,8-11,15-16,28H2,1-5H3/t18-,21-,22?/m0/s1. The molecule has 0 amide bonds. The average molecular weight is 523 g/mol. The van der Waals surface area contributed by atoms with E-state index in [1.165, 1.54) is 0 Å². The van der Waals surface area contributed by atoms with Crippen molar-refractivity contribution in [3.63, 3.8) is 0 Å². The number of pyridine rings is 1. The lowest BCUT2D eigenvalue weighted by Gasteiger charge is -2.33. The van der Waals surface area contributed by atoms with Gasteiger partial charge in [-0.05, 0) is 38.2 Å². The number of ether oxygens (including phenoxy) is 1. The molecule has 1 unspecified atom stereocenters. The van der Waals surface area contributed by atoms with Crippen molar-refractivity contribution >= 4 is 12.0 Å². The van der Waals surface area contributed by atoms with E-state index in [0.717, 1.165) is 37.3 Å². The van der Waals surface area contributed by atoms with Gasteiger partial charge in [0.15, 0.2) is 11.6 Å². The minimum absolute atomic E-state index is 0.0252. The van der Waals surface area contributed by atoms with Gasteiger partial charge in [-0.25, -0.2) is 9.97 Å². The van der Waals surface area contributed by atoms with Gasteiger partial charge in [0.25, 0.3) is 5.56 Å². The van der Waals surface area contributed by atoms with Crippen molar-refractivity contribution in [2.24, 2.45) is 11.7 Å². The average Bonchev–Trinajstić information content (AvgIpc) is 3.54. The molecule has 5 rings (SSSR count). The predicted octanol–water partition coefficient (Wildman–Crippen LogP) is 2.70. The van der Waals surface area contributed by atoms with Gasteiger partial charge < -0.3 is 29.4 Å². The Hall–Kier alpha value is -3.47. The van der Waals surface area contributed by atoms with Crippen LogP contribution >= 0.6 is 0 Å². The molecule has 3 atom stereocenters. The van der Waals surface area contributed by atoms with Crippen LogP contribution in [0, 0.1) is 12.8 Å². The Kier molecular flexibility index (Phi) is 7.13. The summed E-state index contributed by atoms with van der Waals surface area (Å²) in [5.41, 5.74) is 7.25. The van der Waals surface area contributed by atoms with E-state index in [-0.39, 0.29) is 29.2 Å². The van der Waals surface area contributed by atoms with Gasteiger partial charge in [0.05, 0.1) is 24.5 Å². The van der Waals surface area contributed by atoms with Crippen molar-refractivity contribution in [1.29, 1.82) is 0 Å². The maximum Gasteiger partial charge on any atom is 0.324 e. The van der Waals surface area contributed by atoms with Gasteiger partial charge in [0.2, 0.25) is 5.95 Å². The van der Waals surface area contributed by atoms with Crippen LogP contribution in [0.25, 0.3) is 0 Å². The van der Waals surface area contributed by atoms with Crippen LogP contribution in [0.1, 0.15) is 58.0 Å². The van der Waals surface area contributed by atoms with Crippen molar-refractivity contribution in [2.45, 2.75) is 71.1 Å². The number of hydrogen-bond acceptors (Lipinski definition) is 10. The van der Waals surface area contributed by atoms with Crippen molar-refractivity contribution in [2.75, 3.05) is 36.0 Å². The summed E-state index contributed by atoms with van der Waals surface area (Å²) in [5.74, 6) is 2.36. The molecule has 3 aromatic rings. The molecule has 0 aromatic carbocycles. The summed E-state index contributed by atoms with van der Waals surface area (Å²) in [6, 6.07) is 3.69. The molecule has 0 saturated carbocycles. The highest BCUT2D eigenvalue weighted by atomic mass is 16.5. The van der Waals surface area contributed by atoms with Gasteiger partial charge in [0.1, 0.15) is 0 Å². The summed E-state index contributed by atoms with van der Waals surface area (Å²) in [5, 5.41) is 4.15. The first-order valence-corrected chi connectivity index (χ1v) is 13.4. The van der Waals surface area contributed by atoms with Crippen LogP contribution < -0.4 is 25.8 Å². The van der Waals surface area contributed by atoms with Crippen LogP contribution in [0.15, 0.2) is 40.0 Å². The molecule has 11 heteroatoms. The molecular formula is C27H38N8O3. The third-order valence-corrected chi connectivity index (χ3v) is 7.56. The molecule has 38 heavy (non-hydrogen) atoms. The molecule has 3 aromatic heterocycles. The Morgan fingerprint density at radius 1 is 1.11 bits per heavy atom. The molecule has 0 spiro atoms. The molecule has 2 N–H and O–H groups in total. The zero-order chi connectivity index (χ0) is 27.0. The maximum absolute atomic E-state index is 12.4. The molecule has 2 aliphatic rings. The molecular weight excluding hydrogens is 484 g/mol. The van der Waals surface area contributed by atoms with E-state index in [4.69, 9.17) is 15.0 Å². The first kappa shape index (κ1) is 26.1. The fourth-order valence-corrected chi connectivity index (χ4v) is 5.20. The number of nitrogens with two attached hydrogens (primary N) is 1. The van der Waals surface area contributed by atoms with Crippen molar-refractivity contribution < 1.29 is 9.26 Å². The van der Waals surface area contributed by atoms with Crippen LogP contribution in [0.2, 0.25) is 0 Å². The van der Waals surface area contributed by atoms with Crippen molar-refractivity contribution in [1.82, 2.24) is 24.7 Å². The second kappa shape index (κ2) is 10.4. The van der Waals surface area contributed by atoms with Crippen molar-refractivity contribution in [3.8, 4) is 5.75 Å². The Morgan fingerprint density at radius 3 is 2.47 bits per heavy atom. The van der Waals surface area contributed by atoms with Crippen molar-refractivity contribution in [3.05, 3.63) is 52.5 Å². The monoisotopic (exact) mass is 522 g/mol. The Morgan fingerprint density at radius 2 is 1.82 bits per heavy atom. The summed E-state index contributed by atoms with van der Waals surface area (Å²) in [6.07, 6.45) is 7.27. The van der Waals surface area contributed by atoms with Gasteiger partial charge in [-0.3, -0.25) is 4.79 Å². The third-order valence-electron chi connectivity index (χ3n) is 7.56. The SMILES string of the molecule is Cc1ccc(=O)n(C2CN(c3ncc(O[C@@H](C)C4CCN(c5nc(C(C)(C)C)no5)CC4)cn3)C[C@@H]2N)c1. The minimum atomic E-state index is -0.188. The molecule has 0 bridgehead atoms. The summed E-state index contributed by atoms with van der Waals surface area (Å²) in [7, 11) is 0. The highest BCUT2D eigenvalue weighted by Gasteiger charge is 2.34. The molecule has 11 nitrogen and oxygen atoms in total. The molecule has 2 aliphatic heterocycles. The largest absolute Gasteiger partial charge is 0.487 e. The van der Waals surface area contributed by atoms with Gasteiger partial charge >= 0.3 is 6.01 Å². The number of piperidine rings is 1. The normalized spacial score (nSPS) is 21.6. The number of hydrogen-bond donors (Lipinski definition) is 1. The van der Waals surface area contributed by atoms with Crippen LogP contribution in [0.3, 0.4) is 0 Å². The second-order valence-electron chi connectivity index (χ2n) is 11.6. The number of aryl methyl sites for hydroxylation is 1. The summed E-state index contributed by atoms with van der Waals surface area (Å²) in [4.78, 5) is 30.2. The Bertz CT molecular complexity index is 1290. The van der Waals surface area contributed by atoms with E-state index in [9.17, 15) is 4.79 Å². The zero-order valence-corrected chi connectivity index (χ0v) is 22.9. The lowest BCUT2D eigenvalue weighted by Crippen LogP contribution is -2.39. The molecule has 5 heterocycles. The van der Waals surface area contributed by atoms with Gasteiger partial charge in [0, 0.05) is 49.9 Å². The fraction of sp³-hybridized carbons (Fsp3) is 0.593. The predicted molar refractivity (Wildman–Crippen MR) is 145 cm³/mol. The van der Waals surface area contributed by atoms with E-state index in [1.807, 2.05) is 24.1 Å². The molecule has 204 valence electrons. The fourth-order valence-electron chi connectivity index (χ4n) is 5.20. The topological polar surface area (TPSA) is 128 Å². The molecule has 2 saturated heterocycles. The van der Waals surface area contributed by atoms with Gasteiger partial charge in [-0.1, -0.05) is 32.0 Å². The third kappa shape index (κ3) is 5.52. The number of rotatable bonds is 6. The zero-order valence-electron chi connectivity index (χ0n) is 22.9. The quantitative estimate of drug-likeness (QED) is 0.516. The van der Waals surface area contributed by atoms with E-state index in [2.05, 4.69) is 52.7 Å². The summed E-state index contributed by atoms with van der Waals surface area (Å²) >= 11 is 0. The number of aromatic nitrogens is 5. The highest BCUT2D eigenvalue weighted by Crippen LogP contribution is 2.29. The number of anilines is 2. The second-order valence-corrected chi connectivity index (χ2v) is 11.6. The van der Waals surface area contributed by atoms with E-state index in [0.29, 0.717) is 36.7 Å². The maximum atomic E-state index is 12.4. The molecule has 0 radical (unpaired) electrons. The van der Waals surface area contributed by atoms with E-state index < -0.39 is 0 Å². The smallest absolute Gasteiger partial charge is 0.324 e. The lowest BCUT2D eigenvalue weighted by atomic mass is 9.92. The van der Waals surface area contributed by atoms with Gasteiger partial charge in [-0.15, -0.1) is 0 Å². The van der Waals surface area contributed by atoms with Crippen LogP contribution in [-0.2, 0) is 5.41 Å². The minimum Gasteiger partial charge on any atom is -0.487 e. The Labute approximate surface area is 223 Å². The summed E-state index contributed by atoms with van der Waals surface area (Å²) < 4.78 is 13.5. The Balaban J connectivity index is 1.15. The van der Waals surface area contributed by atoms with Crippen LogP contribution in [0.5, 0.6) is 5.75 Å².